The van der Waals surface area contributed by atoms with Crippen molar-refractivity contribution in [3.8, 4) is 16.3 Å². The Morgan fingerprint density at radius 2 is 1.91 bits per heavy atom. The molecule has 3 aromatic rings. The third kappa shape index (κ3) is 2.82. The lowest BCUT2D eigenvalue weighted by atomic mass is 10.3. The molecule has 0 atom stereocenters. The maximum Gasteiger partial charge on any atom is 0.267 e. The smallest absolute Gasteiger partial charge is 0.267 e. The zero-order valence-electron chi connectivity index (χ0n) is 12.5. The largest absolute Gasteiger partial charge is 0.508 e. The molecule has 23 heavy (non-hydrogen) atoms. The average molecular weight is 349 g/mol. The van der Waals surface area contributed by atoms with Gasteiger partial charge >= 0.3 is 0 Å². The van der Waals surface area contributed by atoms with E-state index in [9.17, 15) is 13.5 Å². The number of nitrogens with zero attached hydrogens (tertiary/aromatic N) is 3. The van der Waals surface area contributed by atoms with Gasteiger partial charge in [0.25, 0.3) is 10.0 Å². The van der Waals surface area contributed by atoms with E-state index in [-0.39, 0.29) is 10.6 Å². The molecule has 2 aromatic heterocycles. The summed E-state index contributed by atoms with van der Waals surface area (Å²) in [4.78, 5) is 0.946. The van der Waals surface area contributed by atoms with Gasteiger partial charge in [0.05, 0.1) is 10.6 Å². The minimum atomic E-state index is -3.77. The van der Waals surface area contributed by atoms with Crippen LogP contribution in [-0.4, -0.2) is 30.4 Å². The highest BCUT2D eigenvalue weighted by Gasteiger charge is 2.28. The van der Waals surface area contributed by atoms with Crippen LogP contribution in [0.3, 0.4) is 0 Å². The Bertz CT molecular complexity index is 914. The zero-order valence-corrected chi connectivity index (χ0v) is 14.2. The van der Waals surface area contributed by atoms with E-state index in [1.165, 1.54) is 45.7 Å². The number of aromatic nitrogens is 2. The molecule has 0 radical (unpaired) electrons. The van der Waals surface area contributed by atoms with Crippen molar-refractivity contribution in [1.82, 2.24) is 9.78 Å². The van der Waals surface area contributed by atoms with Gasteiger partial charge in [-0.15, -0.1) is 11.3 Å². The number of anilines is 1. The molecule has 0 spiro atoms. The molecule has 8 heteroatoms. The van der Waals surface area contributed by atoms with Gasteiger partial charge in [-0.2, -0.15) is 5.10 Å². The van der Waals surface area contributed by atoms with Crippen LogP contribution in [0.5, 0.6) is 5.75 Å². The van der Waals surface area contributed by atoms with Crippen molar-refractivity contribution in [2.75, 3.05) is 11.4 Å². The molecule has 6 nitrogen and oxygen atoms in total. The Balaban J connectivity index is 2.08. The van der Waals surface area contributed by atoms with Crippen molar-refractivity contribution in [2.45, 2.75) is 4.90 Å². The Morgan fingerprint density at radius 3 is 2.52 bits per heavy atom. The van der Waals surface area contributed by atoms with Gasteiger partial charge in [0.1, 0.15) is 16.3 Å². The first-order valence-electron chi connectivity index (χ1n) is 6.75. The van der Waals surface area contributed by atoms with E-state index < -0.39 is 10.0 Å². The third-order valence-electron chi connectivity index (χ3n) is 3.40. The summed E-state index contributed by atoms with van der Waals surface area (Å²) in [6.07, 6.45) is 1.50. The summed E-state index contributed by atoms with van der Waals surface area (Å²) in [5.74, 6) is 0.0835. The predicted octanol–water partition coefficient (Wildman–Crippen LogP) is 2.68. The van der Waals surface area contributed by atoms with Crippen molar-refractivity contribution in [3.05, 3.63) is 48.0 Å². The Hall–Kier alpha value is -2.32. The number of thiophene rings is 1. The van der Waals surface area contributed by atoms with E-state index in [2.05, 4.69) is 5.10 Å². The van der Waals surface area contributed by atoms with Gasteiger partial charge in [-0.3, -0.25) is 8.99 Å². The fourth-order valence-corrected chi connectivity index (χ4v) is 4.35. The molecule has 0 aliphatic carbocycles. The maximum atomic E-state index is 13.0. The number of rotatable bonds is 4. The fraction of sp³-hybridized carbons (Fsp3) is 0.133. The normalized spacial score (nSPS) is 11.6. The summed E-state index contributed by atoms with van der Waals surface area (Å²) in [6, 6.07) is 9.69. The second kappa shape index (κ2) is 5.71. The molecule has 0 saturated carbocycles. The molecule has 0 saturated heterocycles. The van der Waals surface area contributed by atoms with Gasteiger partial charge < -0.3 is 5.11 Å². The monoisotopic (exact) mass is 349 g/mol. The van der Waals surface area contributed by atoms with E-state index >= 15 is 0 Å². The third-order valence-corrected chi connectivity index (χ3v) is 6.06. The lowest BCUT2D eigenvalue weighted by Crippen LogP contribution is -2.26. The number of benzene rings is 1. The van der Waals surface area contributed by atoms with Gasteiger partial charge in [0.2, 0.25) is 0 Å². The first-order valence-corrected chi connectivity index (χ1v) is 9.07. The van der Waals surface area contributed by atoms with Gasteiger partial charge in [-0.1, -0.05) is 6.07 Å². The molecule has 0 amide bonds. The summed E-state index contributed by atoms with van der Waals surface area (Å²) in [5, 5.41) is 15.5. The van der Waals surface area contributed by atoms with Crippen molar-refractivity contribution in [2.24, 2.45) is 7.05 Å². The van der Waals surface area contributed by atoms with Crippen molar-refractivity contribution < 1.29 is 13.5 Å². The van der Waals surface area contributed by atoms with Crippen LogP contribution in [0.25, 0.3) is 10.6 Å². The minimum absolute atomic E-state index is 0.0835. The quantitative estimate of drug-likeness (QED) is 0.786. The molecule has 0 unspecified atom stereocenters. The summed E-state index contributed by atoms with van der Waals surface area (Å²) < 4.78 is 28.6. The number of phenolic OH excluding ortho intramolecular Hbond substituents is 1. The van der Waals surface area contributed by atoms with Crippen molar-refractivity contribution >= 4 is 27.0 Å². The number of aromatic hydroxyl groups is 1. The lowest BCUT2D eigenvalue weighted by Gasteiger charge is -2.19. The van der Waals surface area contributed by atoms with Gasteiger partial charge in [0, 0.05) is 20.3 Å². The van der Waals surface area contributed by atoms with Gasteiger partial charge in [0.15, 0.2) is 0 Å². The average Bonchev–Trinajstić information content (AvgIpc) is 3.16. The van der Waals surface area contributed by atoms with Crippen LogP contribution in [0.4, 0.5) is 5.69 Å². The maximum absolute atomic E-state index is 13.0. The highest BCUT2D eigenvalue weighted by Crippen LogP contribution is 2.32. The van der Waals surface area contributed by atoms with Crippen LogP contribution < -0.4 is 4.31 Å². The van der Waals surface area contributed by atoms with Gasteiger partial charge in [-0.05, 0) is 35.7 Å². The van der Waals surface area contributed by atoms with E-state index in [0.29, 0.717) is 11.4 Å². The first-order chi connectivity index (χ1) is 10.9. The molecule has 0 bridgehead atoms. The number of hydrogen-bond donors (Lipinski definition) is 1. The SMILES string of the molecule is CN(c1ccc(O)cc1)S(=O)(=O)c1cn(C)nc1-c1cccs1. The minimum Gasteiger partial charge on any atom is -0.508 e. The molecule has 1 N–H and O–H groups in total. The van der Waals surface area contributed by atoms with E-state index in [1.54, 1.807) is 19.2 Å². The number of hydrogen-bond acceptors (Lipinski definition) is 5. The van der Waals surface area contributed by atoms with E-state index in [1.807, 2.05) is 17.5 Å². The molecule has 120 valence electrons. The number of aryl methyl sites for hydroxylation is 1. The standard InChI is InChI=1S/C15H15N3O3S2/c1-17-10-14(15(16-17)13-4-3-9-22-13)23(20,21)18(2)11-5-7-12(19)8-6-11/h3-10,19H,1-2H3. The summed E-state index contributed by atoms with van der Waals surface area (Å²) >= 11 is 1.44. The predicted molar refractivity (Wildman–Crippen MR) is 90.2 cm³/mol. The second-order valence-electron chi connectivity index (χ2n) is 4.98. The Kier molecular flexibility index (Phi) is 3.87. The Labute approximate surface area is 138 Å². The van der Waals surface area contributed by atoms with Gasteiger partial charge in [-0.25, -0.2) is 8.42 Å². The highest BCUT2D eigenvalue weighted by molar-refractivity contribution is 7.93. The van der Waals surface area contributed by atoms with Crippen LogP contribution in [0.15, 0.2) is 52.9 Å². The molecular formula is C15H15N3O3S2. The highest BCUT2D eigenvalue weighted by atomic mass is 32.2. The zero-order chi connectivity index (χ0) is 16.6. The topological polar surface area (TPSA) is 75.4 Å². The van der Waals surface area contributed by atoms with Crippen molar-refractivity contribution in [1.29, 1.82) is 0 Å². The molecule has 0 aliphatic rings. The first kappa shape index (κ1) is 15.6. The van der Waals surface area contributed by atoms with Crippen molar-refractivity contribution in [3.63, 3.8) is 0 Å². The second-order valence-corrected chi connectivity index (χ2v) is 7.87. The molecule has 1 aromatic carbocycles. The Morgan fingerprint density at radius 1 is 1.22 bits per heavy atom. The molecule has 0 aliphatic heterocycles. The van der Waals surface area contributed by atoms with Crippen LogP contribution in [0, 0.1) is 0 Å². The van der Waals surface area contributed by atoms with E-state index in [0.717, 1.165) is 4.88 Å². The van der Waals surface area contributed by atoms with E-state index in [4.69, 9.17) is 0 Å². The lowest BCUT2D eigenvalue weighted by molar-refractivity contribution is 0.475. The number of sulfonamides is 1. The summed E-state index contributed by atoms with van der Waals surface area (Å²) in [6.45, 7) is 0. The van der Waals surface area contributed by atoms with Crippen LogP contribution >= 0.6 is 11.3 Å². The summed E-state index contributed by atoms with van der Waals surface area (Å²) in [5.41, 5.74) is 0.900. The molecule has 2 heterocycles. The van der Waals surface area contributed by atoms with Crippen LogP contribution in [0.2, 0.25) is 0 Å². The number of phenols is 1. The fourth-order valence-electron chi connectivity index (χ4n) is 2.19. The molecule has 3 rings (SSSR count). The van der Waals surface area contributed by atoms with Crippen LogP contribution in [0.1, 0.15) is 0 Å². The van der Waals surface area contributed by atoms with Crippen LogP contribution in [-0.2, 0) is 17.1 Å². The molecule has 0 fully saturated rings. The molecular weight excluding hydrogens is 334 g/mol. The summed E-state index contributed by atoms with van der Waals surface area (Å²) in [7, 11) is -0.595.